The third-order valence-corrected chi connectivity index (χ3v) is 3.20. The van der Waals surface area contributed by atoms with Gasteiger partial charge in [0.25, 0.3) is 11.2 Å². The smallest absolute Gasteiger partial charge is 0.360 e. The summed E-state index contributed by atoms with van der Waals surface area (Å²) in [6, 6.07) is 2.55. The second kappa shape index (κ2) is 5.33. The molecule has 0 spiro atoms. The standard InChI is InChI=1S/C13H9N5O5/c19-12-11(13(20)21)15-8-3-7(5-17-2-1-14-6-17)10(18(22)23)4-9(8)16-12/h1-4,6H,5H2,(H,16,19)(H,20,21). The van der Waals surface area contributed by atoms with Crippen molar-refractivity contribution >= 4 is 22.7 Å². The molecule has 0 fully saturated rings. The van der Waals surface area contributed by atoms with Crippen molar-refractivity contribution in [1.82, 2.24) is 19.5 Å². The van der Waals surface area contributed by atoms with Gasteiger partial charge in [0.1, 0.15) is 0 Å². The Bertz CT molecular complexity index is 976. The number of nitrogens with zero attached hydrogens (tertiary/aromatic N) is 4. The Morgan fingerprint density at radius 1 is 1.43 bits per heavy atom. The van der Waals surface area contributed by atoms with Gasteiger partial charge in [-0.2, -0.15) is 0 Å². The monoisotopic (exact) mass is 315 g/mol. The molecule has 0 amide bonds. The summed E-state index contributed by atoms with van der Waals surface area (Å²) in [6.07, 6.45) is 4.67. The molecule has 3 aromatic rings. The number of nitro groups is 1. The van der Waals surface area contributed by atoms with Gasteiger partial charge in [-0.1, -0.05) is 0 Å². The lowest BCUT2D eigenvalue weighted by atomic mass is 10.1. The number of hydrogen-bond acceptors (Lipinski definition) is 6. The molecule has 0 unspecified atom stereocenters. The lowest BCUT2D eigenvalue weighted by Gasteiger charge is -2.06. The summed E-state index contributed by atoms with van der Waals surface area (Å²) in [7, 11) is 0. The van der Waals surface area contributed by atoms with Gasteiger partial charge < -0.3 is 14.7 Å². The first-order valence-corrected chi connectivity index (χ1v) is 6.36. The number of fused-ring (bicyclic) bond motifs is 1. The lowest BCUT2D eigenvalue weighted by molar-refractivity contribution is -0.385. The zero-order valence-electron chi connectivity index (χ0n) is 11.5. The number of rotatable bonds is 4. The van der Waals surface area contributed by atoms with Crippen molar-refractivity contribution in [3.8, 4) is 0 Å². The van der Waals surface area contributed by atoms with Gasteiger partial charge >= 0.3 is 5.97 Å². The summed E-state index contributed by atoms with van der Waals surface area (Å²) < 4.78 is 1.62. The summed E-state index contributed by atoms with van der Waals surface area (Å²) in [6.45, 7) is 0.162. The molecule has 1 aromatic carbocycles. The van der Waals surface area contributed by atoms with Crippen molar-refractivity contribution in [2.45, 2.75) is 6.54 Å². The van der Waals surface area contributed by atoms with Gasteiger partial charge in [-0.25, -0.2) is 14.8 Å². The number of carboxylic acid groups (broad SMARTS) is 1. The summed E-state index contributed by atoms with van der Waals surface area (Å²) >= 11 is 0. The summed E-state index contributed by atoms with van der Waals surface area (Å²) in [4.78, 5) is 43.2. The van der Waals surface area contributed by atoms with Crippen molar-refractivity contribution in [2.24, 2.45) is 0 Å². The van der Waals surface area contributed by atoms with Crippen molar-refractivity contribution in [3.63, 3.8) is 0 Å². The molecule has 2 N–H and O–H groups in total. The second-order valence-corrected chi connectivity index (χ2v) is 4.71. The molecule has 3 rings (SSSR count). The van der Waals surface area contributed by atoms with E-state index in [1.807, 2.05) is 0 Å². The SMILES string of the molecule is O=C(O)c1nc2cc(Cn3ccnc3)c([N+](=O)[O-])cc2[nH]c1=O. The van der Waals surface area contributed by atoms with Crippen LogP contribution in [-0.2, 0) is 6.54 Å². The fourth-order valence-corrected chi connectivity index (χ4v) is 2.18. The molecule has 116 valence electrons. The molecular weight excluding hydrogens is 306 g/mol. The van der Waals surface area contributed by atoms with Gasteiger partial charge in [0.2, 0.25) is 5.69 Å². The van der Waals surface area contributed by atoms with Crippen LogP contribution in [0.3, 0.4) is 0 Å². The minimum absolute atomic E-state index is 0.0982. The van der Waals surface area contributed by atoms with E-state index in [1.54, 1.807) is 10.8 Å². The Morgan fingerprint density at radius 2 is 2.22 bits per heavy atom. The highest BCUT2D eigenvalue weighted by Crippen LogP contribution is 2.24. The van der Waals surface area contributed by atoms with Gasteiger partial charge in [-0.05, 0) is 6.07 Å². The zero-order valence-corrected chi connectivity index (χ0v) is 11.5. The first-order valence-electron chi connectivity index (χ1n) is 6.36. The zero-order chi connectivity index (χ0) is 16.6. The van der Waals surface area contributed by atoms with Crippen LogP contribution in [-0.4, -0.2) is 35.5 Å². The average Bonchev–Trinajstić information content (AvgIpc) is 2.98. The molecule has 0 saturated carbocycles. The maximum atomic E-state index is 11.6. The number of H-pyrrole nitrogens is 1. The highest BCUT2D eigenvalue weighted by Gasteiger charge is 2.19. The van der Waals surface area contributed by atoms with E-state index in [9.17, 15) is 19.7 Å². The van der Waals surface area contributed by atoms with Gasteiger partial charge in [-0.3, -0.25) is 14.9 Å². The number of aromatic amines is 1. The van der Waals surface area contributed by atoms with Crippen LogP contribution in [0, 0.1) is 10.1 Å². The molecular formula is C13H9N5O5. The van der Waals surface area contributed by atoms with E-state index in [0.717, 1.165) is 0 Å². The van der Waals surface area contributed by atoms with Crippen molar-refractivity contribution in [1.29, 1.82) is 0 Å². The number of hydrogen-bond donors (Lipinski definition) is 2. The number of aromatic nitrogens is 4. The topological polar surface area (TPSA) is 144 Å². The van der Waals surface area contributed by atoms with Crippen molar-refractivity contribution in [3.05, 3.63) is 62.6 Å². The van der Waals surface area contributed by atoms with Gasteiger partial charge in [-0.15, -0.1) is 0 Å². The third-order valence-electron chi connectivity index (χ3n) is 3.20. The van der Waals surface area contributed by atoms with Crippen LogP contribution >= 0.6 is 0 Å². The average molecular weight is 315 g/mol. The highest BCUT2D eigenvalue weighted by atomic mass is 16.6. The molecule has 0 aliphatic heterocycles. The molecule has 0 atom stereocenters. The molecule has 10 nitrogen and oxygen atoms in total. The van der Waals surface area contributed by atoms with E-state index >= 15 is 0 Å². The first kappa shape index (κ1) is 14.4. The van der Waals surface area contributed by atoms with Crippen LogP contribution in [0.2, 0.25) is 0 Å². The van der Waals surface area contributed by atoms with E-state index in [1.165, 1.54) is 24.7 Å². The van der Waals surface area contributed by atoms with E-state index in [-0.39, 0.29) is 23.3 Å². The number of aromatic carboxylic acids is 1. The van der Waals surface area contributed by atoms with Gasteiger partial charge in [0.15, 0.2) is 0 Å². The first-order chi connectivity index (χ1) is 11.0. The molecule has 0 aliphatic rings. The maximum absolute atomic E-state index is 11.6. The Kier molecular flexibility index (Phi) is 3.33. The second-order valence-electron chi connectivity index (χ2n) is 4.71. The summed E-state index contributed by atoms with van der Waals surface area (Å²) in [5, 5.41) is 20.2. The fraction of sp³-hybridized carbons (Fsp3) is 0.0769. The van der Waals surface area contributed by atoms with Crippen molar-refractivity contribution in [2.75, 3.05) is 0 Å². The predicted molar refractivity (Wildman–Crippen MR) is 77.3 cm³/mol. The minimum Gasteiger partial charge on any atom is -0.476 e. The largest absolute Gasteiger partial charge is 0.476 e. The van der Waals surface area contributed by atoms with Gasteiger partial charge in [0, 0.05) is 18.5 Å². The Morgan fingerprint density at radius 3 is 2.83 bits per heavy atom. The number of nitrogens with one attached hydrogen (secondary N) is 1. The molecule has 2 aromatic heterocycles. The van der Waals surface area contributed by atoms with Crippen molar-refractivity contribution < 1.29 is 14.8 Å². The van der Waals surface area contributed by atoms with Crippen LogP contribution in [0.1, 0.15) is 16.1 Å². The Labute approximate surface area is 127 Å². The Balaban J connectivity index is 2.22. The third kappa shape index (κ3) is 2.64. The highest BCUT2D eigenvalue weighted by molar-refractivity contribution is 5.88. The quantitative estimate of drug-likeness (QED) is 0.534. The number of imidazole rings is 1. The maximum Gasteiger partial charge on any atom is 0.360 e. The van der Waals surface area contributed by atoms with Crippen LogP contribution in [0.5, 0.6) is 0 Å². The lowest BCUT2D eigenvalue weighted by Crippen LogP contribution is -2.20. The minimum atomic E-state index is -1.47. The fourth-order valence-electron chi connectivity index (χ4n) is 2.18. The molecule has 0 bridgehead atoms. The van der Waals surface area contributed by atoms with Crippen LogP contribution in [0.4, 0.5) is 5.69 Å². The van der Waals surface area contributed by atoms with Crippen LogP contribution in [0.15, 0.2) is 35.6 Å². The molecule has 23 heavy (non-hydrogen) atoms. The Hall–Kier alpha value is -3.56. The van der Waals surface area contributed by atoms with E-state index in [0.29, 0.717) is 5.56 Å². The number of benzene rings is 1. The summed E-state index contributed by atoms with van der Waals surface area (Å²) in [5.74, 6) is -1.47. The van der Waals surface area contributed by atoms with Crippen LogP contribution in [0.25, 0.3) is 11.0 Å². The normalized spacial score (nSPS) is 10.8. The van der Waals surface area contributed by atoms with E-state index in [4.69, 9.17) is 5.11 Å². The predicted octanol–water partition coefficient (Wildman–Crippen LogP) is 0.774. The molecule has 0 saturated heterocycles. The molecule has 0 radical (unpaired) electrons. The number of carboxylic acids is 1. The molecule has 10 heteroatoms. The van der Waals surface area contributed by atoms with Crippen LogP contribution < -0.4 is 5.56 Å². The molecule has 2 heterocycles. The molecule has 0 aliphatic carbocycles. The van der Waals surface area contributed by atoms with Gasteiger partial charge in [0.05, 0.1) is 34.4 Å². The number of nitro benzene ring substituents is 1. The summed E-state index contributed by atoms with van der Waals surface area (Å²) in [5.41, 5.74) is -1.21. The van der Waals surface area contributed by atoms with E-state index in [2.05, 4.69) is 15.0 Å². The number of carbonyl (C=O) groups is 1. The van der Waals surface area contributed by atoms with E-state index < -0.39 is 22.1 Å².